The average Bonchev–Trinajstić information content (AvgIpc) is 2.56. The van der Waals surface area contributed by atoms with Crippen LogP contribution < -0.4 is 0 Å². The SMILES string of the molecule is O=S(c1ccc(F)cc1)c1ccc(-c2ccccc2)cc1. The molecule has 3 heteroatoms. The Bertz CT molecular complexity index is 749. The molecule has 0 spiro atoms. The average molecular weight is 296 g/mol. The molecule has 1 nitrogen and oxygen atoms in total. The van der Waals surface area contributed by atoms with E-state index in [0.29, 0.717) is 9.79 Å². The highest BCUT2D eigenvalue weighted by atomic mass is 32.2. The topological polar surface area (TPSA) is 17.1 Å². The first-order chi connectivity index (χ1) is 10.2. The molecule has 1 unspecified atom stereocenters. The lowest BCUT2D eigenvalue weighted by Crippen LogP contribution is -1.93. The minimum atomic E-state index is -1.29. The number of halogens is 1. The van der Waals surface area contributed by atoms with Crippen LogP contribution in [0.1, 0.15) is 0 Å². The van der Waals surface area contributed by atoms with Crippen molar-refractivity contribution in [1.82, 2.24) is 0 Å². The molecule has 3 rings (SSSR count). The van der Waals surface area contributed by atoms with Gasteiger partial charge < -0.3 is 0 Å². The minimum absolute atomic E-state index is 0.324. The summed E-state index contributed by atoms with van der Waals surface area (Å²) in [5, 5.41) is 0. The van der Waals surface area contributed by atoms with E-state index >= 15 is 0 Å². The van der Waals surface area contributed by atoms with E-state index in [4.69, 9.17) is 0 Å². The molecule has 0 fully saturated rings. The smallest absolute Gasteiger partial charge is 0.123 e. The number of hydrogen-bond acceptors (Lipinski definition) is 1. The monoisotopic (exact) mass is 296 g/mol. The minimum Gasteiger partial charge on any atom is -0.249 e. The number of hydrogen-bond donors (Lipinski definition) is 0. The van der Waals surface area contributed by atoms with E-state index in [1.165, 1.54) is 12.1 Å². The van der Waals surface area contributed by atoms with Crippen LogP contribution in [0.5, 0.6) is 0 Å². The van der Waals surface area contributed by atoms with Crippen LogP contribution in [0.4, 0.5) is 4.39 Å². The van der Waals surface area contributed by atoms with Crippen molar-refractivity contribution in [3.8, 4) is 11.1 Å². The van der Waals surface area contributed by atoms with Gasteiger partial charge in [0.1, 0.15) is 5.82 Å². The molecule has 1 atom stereocenters. The maximum atomic E-state index is 12.9. The third kappa shape index (κ3) is 3.09. The Morgan fingerprint density at radius 1 is 0.619 bits per heavy atom. The summed E-state index contributed by atoms with van der Waals surface area (Å²) in [6.45, 7) is 0. The van der Waals surface area contributed by atoms with Crippen molar-refractivity contribution in [3.63, 3.8) is 0 Å². The first-order valence-electron chi connectivity index (χ1n) is 6.57. The van der Waals surface area contributed by atoms with Gasteiger partial charge in [-0.15, -0.1) is 0 Å². The molecule has 3 aromatic carbocycles. The van der Waals surface area contributed by atoms with Crippen molar-refractivity contribution >= 4 is 10.8 Å². The molecule has 0 heterocycles. The van der Waals surface area contributed by atoms with E-state index in [1.54, 1.807) is 12.1 Å². The van der Waals surface area contributed by atoms with Gasteiger partial charge in [0, 0.05) is 9.79 Å². The Hall–Kier alpha value is -2.26. The van der Waals surface area contributed by atoms with E-state index in [9.17, 15) is 8.60 Å². The second kappa shape index (κ2) is 6.02. The van der Waals surface area contributed by atoms with Crippen LogP contribution >= 0.6 is 0 Å². The molecule has 0 bridgehead atoms. The standard InChI is InChI=1S/C18H13FOS/c19-16-8-12-18(13-9-16)21(20)17-10-6-15(7-11-17)14-4-2-1-3-5-14/h1-13H. The number of rotatable bonds is 3. The fourth-order valence-corrected chi connectivity index (χ4v) is 3.13. The van der Waals surface area contributed by atoms with Crippen LogP contribution in [-0.2, 0) is 10.8 Å². The molecular weight excluding hydrogens is 283 g/mol. The highest BCUT2D eigenvalue weighted by Gasteiger charge is 2.07. The fourth-order valence-electron chi connectivity index (χ4n) is 2.10. The van der Waals surface area contributed by atoms with E-state index in [0.717, 1.165) is 11.1 Å². The zero-order valence-corrected chi connectivity index (χ0v) is 12.0. The molecule has 0 radical (unpaired) electrons. The predicted octanol–water partition coefficient (Wildman–Crippen LogP) is 4.66. The zero-order valence-electron chi connectivity index (χ0n) is 11.2. The van der Waals surface area contributed by atoms with Crippen LogP contribution in [0.15, 0.2) is 88.7 Å². The first kappa shape index (κ1) is 13.7. The van der Waals surface area contributed by atoms with Gasteiger partial charge in [-0.1, -0.05) is 42.5 Å². The van der Waals surface area contributed by atoms with E-state index in [1.807, 2.05) is 54.6 Å². The van der Waals surface area contributed by atoms with E-state index in [2.05, 4.69) is 0 Å². The summed E-state index contributed by atoms with van der Waals surface area (Å²) in [7, 11) is -1.29. The molecule has 21 heavy (non-hydrogen) atoms. The second-order valence-electron chi connectivity index (χ2n) is 4.61. The van der Waals surface area contributed by atoms with E-state index in [-0.39, 0.29) is 5.82 Å². The van der Waals surface area contributed by atoms with Gasteiger partial charge in [-0.3, -0.25) is 0 Å². The van der Waals surface area contributed by atoms with Crippen molar-refractivity contribution in [2.24, 2.45) is 0 Å². The fraction of sp³-hybridized carbons (Fsp3) is 0. The highest BCUT2D eigenvalue weighted by molar-refractivity contribution is 7.85. The van der Waals surface area contributed by atoms with Crippen molar-refractivity contribution < 1.29 is 8.60 Å². The molecular formula is C18H13FOS. The van der Waals surface area contributed by atoms with Gasteiger partial charge in [0.2, 0.25) is 0 Å². The van der Waals surface area contributed by atoms with Crippen LogP contribution in [0.2, 0.25) is 0 Å². The highest BCUT2D eigenvalue weighted by Crippen LogP contribution is 2.22. The van der Waals surface area contributed by atoms with Gasteiger partial charge in [0.15, 0.2) is 0 Å². The molecule has 104 valence electrons. The second-order valence-corrected chi connectivity index (χ2v) is 6.09. The molecule has 0 aliphatic heterocycles. The molecule has 0 saturated heterocycles. The number of benzene rings is 3. The van der Waals surface area contributed by atoms with Crippen molar-refractivity contribution in [1.29, 1.82) is 0 Å². The molecule has 0 aliphatic carbocycles. The lowest BCUT2D eigenvalue weighted by Gasteiger charge is -2.05. The largest absolute Gasteiger partial charge is 0.249 e. The van der Waals surface area contributed by atoms with Crippen molar-refractivity contribution in [3.05, 3.63) is 84.7 Å². The predicted molar refractivity (Wildman–Crippen MR) is 83.0 cm³/mol. The molecule has 0 amide bonds. The van der Waals surface area contributed by atoms with Gasteiger partial charge in [-0.25, -0.2) is 8.60 Å². The Morgan fingerprint density at radius 2 is 1.10 bits per heavy atom. The quantitative estimate of drug-likeness (QED) is 0.687. The van der Waals surface area contributed by atoms with Crippen LogP contribution in [-0.4, -0.2) is 4.21 Å². The van der Waals surface area contributed by atoms with E-state index < -0.39 is 10.8 Å². The van der Waals surface area contributed by atoms with Gasteiger partial charge in [0.25, 0.3) is 0 Å². The molecule has 3 aromatic rings. The maximum absolute atomic E-state index is 12.9. The third-order valence-electron chi connectivity index (χ3n) is 3.20. The van der Waals surface area contributed by atoms with Crippen LogP contribution in [0.25, 0.3) is 11.1 Å². The van der Waals surface area contributed by atoms with Crippen molar-refractivity contribution in [2.45, 2.75) is 9.79 Å². The Kier molecular flexibility index (Phi) is 3.93. The molecule has 0 aromatic heterocycles. The Balaban J connectivity index is 1.87. The summed E-state index contributed by atoms with van der Waals surface area (Å²) >= 11 is 0. The summed E-state index contributed by atoms with van der Waals surface area (Å²) in [5.74, 6) is -0.324. The summed E-state index contributed by atoms with van der Waals surface area (Å²) < 4.78 is 25.3. The molecule has 0 N–H and O–H groups in total. The lowest BCUT2D eigenvalue weighted by atomic mass is 10.1. The maximum Gasteiger partial charge on any atom is 0.123 e. The Labute approximate surface area is 125 Å². The van der Waals surface area contributed by atoms with Gasteiger partial charge in [0.05, 0.1) is 10.8 Å². The van der Waals surface area contributed by atoms with Gasteiger partial charge >= 0.3 is 0 Å². The van der Waals surface area contributed by atoms with Crippen LogP contribution in [0.3, 0.4) is 0 Å². The molecule has 0 saturated carbocycles. The van der Waals surface area contributed by atoms with Crippen molar-refractivity contribution in [2.75, 3.05) is 0 Å². The molecule has 0 aliphatic rings. The van der Waals surface area contributed by atoms with Gasteiger partial charge in [-0.05, 0) is 47.5 Å². The van der Waals surface area contributed by atoms with Crippen LogP contribution in [0, 0.1) is 5.82 Å². The summed E-state index contributed by atoms with van der Waals surface area (Å²) in [6, 6.07) is 23.4. The van der Waals surface area contributed by atoms with Gasteiger partial charge in [-0.2, -0.15) is 0 Å². The summed E-state index contributed by atoms with van der Waals surface area (Å²) in [5.41, 5.74) is 2.20. The summed E-state index contributed by atoms with van der Waals surface area (Å²) in [6.07, 6.45) is 0. The lowest BCUT2D eigenvalue weighted by molar-refractivity contribution is 0.626. The normalized spacial score (nSPS) is 12.0. The Morgan fingerprint density at radius 3 is 1.67 bits per heavy atom. The zero-order chi connectivity index (χ0) is 14.7. The summed E-state index contributed by atoms with van der Waals surface area (Å²) in [4.78, 5) is 1.31. The third-order valence-corrected chi connectivity index (χ3v) is 4.60. The first-order valence-corrected chi connectivity index (χ1v) is 7.72.